The van der Waals surface area contributed by atoms with Gasteiger partial charge >= 0.3 is 17.9 Å². The lowest BCUT2D eigenvalue weighted by Crippen LogP contribution is -2.62. The zero-order valence-corrected chi connectivity index (χ0v) is 31.6. The van der Waals surface area contributed by atoms with Gasteiger partial charge in [-0.1, -0.05) is 18.2 Å². The molecule has 2 heterocycles. The van der Waals surface area contributed by atoms with Gasteiger partial charge in [-0.2, -0.15) is 0 Å². The molecule has 0 amide bonds. The fourth-order valence-electron chi connectivity index (χ4n) is 6.01. The number of phenolic OH excluding ortho intramolecular Hbond substituents is 1. The number of ether oxygens (including phenoxy) is 8. The number of aliphatic hydroxyl groups excluding tert-OH is 7. The van der Waals surface area contributed by atoms with E-state index in [1.54, 1.807) is 24.3 Å². The van der Waals surface area contributed by atoms with Crippen LogP contribution in [0.4, 0.5) is 0 Å². The minimum Gasteiger partial charge on any atom is -0.504 e. The number of aromatic hydroxyl groups is 1. The molecule has 58 heavy (non-hydrogen) atoms. The first-order valence-electron chi connectivity index (χ1n) is 17.8. The Kier molecular flexibility index (Phi) is 16.4. The molecule has 20 heteroatoms. The maximum absolute atomic E-state index is 13.0. The SMILES string of the molecule is COc1ccc(/C=C/C(=O)O[C@H]2[C@H](O[C@@](C)(CC(=O)O)CC(=O)OC/C=C/c3cc(O)c(O[C@@H]4O[C@H](CO)[C@@H](O)[C@H](O)[C@H]4O)c(OC)c3)O[C@H](CO)[C@@H](O)[C@@H]2O)cc1. The molecule has 2 aromatic rings. The van der Waals surface area contributed by atoms with Gasteiger partial charge in [-0.05, 0) is 54.5 Å². The Morgan fingerprint density at radius 3 is 2.03 bits per heavy atom. The smallest absolute Gasteiger partial charge is 0.331 e. The summed E-state index contributed by atoms with van der Waals surface area (Å²) in [7, 11) is 2.74. The van der Waals surface area contributed by atoms with Crippen LogP contribution >= 0.6 is 0 Å². The van der Waals surface area contributed by atoms with Crippen molar-refractivity contribution in [2.45, 2.75) is 86.8 Å². The van der Waals surface area contributed by atoms with Gasteiger partial charge in [0.05, 0.1) is 45.9 Å². The summed E-state index contributed by atoms with van der Waals surface area (Å²) in [5.41, 5.74) is -1.03. The first kappa shape index (κ1) is 45.8. The van der Waals surface area contributed by atoms with Crippen LogP contribution in [0.1, 0.15) is 30.9 Å². The van der Waals surface area contributed by atoms with Crippen LogP contribution in [0, 0.1) is 0 Å². The molecule has 20 nitrogen and oxygen atoms in total. The number of phenols is 1. The third kappa shape index (κ3) is 11.9. The topological polar surface area (TPSA) is 307 Å². The Balaban J connectivity index is 1.42. The highest BCUT2D eigenvalue weighted by molar-refractivity contribution is 5.87. The lowest BCUT2D eigenvalue weighted by atomic mass is 9.95. The quantitative estimate of drug-likeness (QED) is 0.0633. The summed E-state index contributed by atoms with van der Waals surface area (Å²) in [4.78, 5) is 37.7. The zero-order chi connectivity index (χ0) is 42.7. The molecule has 0 bridgehead atoms. The minimum atomic E-state index is -1.92. The molecule has 2 saturated heterocycles. The molecule has 0 radical (unpaired) electrons. The molecule has 11 atom stereocenters. The van der Waals surface area contributed by atoms with Gasteiger partial charge in [0.2, 0.25) is 12.0 Å². The summed E-state index contributed by atoms with van der Waals surface area (Å²) in [6.07, 6.45) is -12.9. The Hall–Kier alpha value is -4.87. The summed E-state index contributed by atoms with van der Waals surface area (Å²) in [6, 6.07) is 9.22. The van der Waals surface area contributed by atoms with Crippen LogP contribution in [0.2, 0.25) is 0 Å². The molecule has 0 aromatic heterocycles. The van der Waals surface area contributed by atoms with E-state index >= 15 is 0 Å². The lowest BCUT2D eigenvalue weighted by molar-refractivity contribution is -0.326. The molecule has 320 valence electrons. The van der Waals surface area contributed by atoms with Gasteiger partial charge in [-0.15, -0.1) is 0 Å². The average molecular weight is 825 g/mol. The van der Waals surface area contributed by atoms with E-state index in [0.717, 1.165) is 6.08 Å². The Bertz CT molecular complexity index is 1750. The molecular weight excluding hydrogens is 776 g/mol. The number of aliphatic hydroxyl groups is 7. The van der Waals surface area contributed by atoms with Crippen LogP contribution in [-0.4, -0.2) is 165 Å². The number of aliphatic carboxylic acids is 1. The number of carbonyl (C=O) groups is 3. The van der Waals surface area contributed by atoms with Crippen LogP contribution < -0.4 is 14.2 Å². The van der Waals surface area contributed by atoms with E-state index in [-0.39, 0.29) is 18.1 Å². The van der Waals surface area contributed by atoms with Crippen LogP contribution in [0.25, 0.3) is 12.2 Å². The number of carboxylic acid groups (broad SMARTS) is 1. The summed E-state index contributed by atoms with van der Waals surface area (Å²) in [6.45, 7) is -0.644. The molecule has 2 aliphatic heterocycles. The van der Waals surface area contributed by atoms with E-state index in [1.807, 2.05) is 0 Å². The highest BCUT2D eigenvalue weighted by Gasteiger charge is 2.50. The van der Waals surface area contributed by atoms with Crippen molar-refractivity contribution in [3.05, 3.63) is 59.7 Å². The van der Waals surface area contributed by atoms with Crippen LogP contribution in [-0.2, 0) is 38.1 Å². The van der Waals surface area contributed by atoms with Crippen LogP contribution in [0.3, 0.4) is 0 Å². The number of esters is 2. The molecule has 0 spiro atoms. The number of methoxy groups -OCH3 is 2. The van der Waals surface area contributed by atoms with Crippen molar-refractivity contribution in [1.29, 1.82) is 0 Å². The minimum absolute atomic E-state index is 0.0570. The van der Waals surface area contributed by atoms with Gasteiger partial charge in [0.25, 0.3) is 0 Å². The predicted octanol–water partition coefficient (Wildman–Crippen LogP) is -1.15. The number of rotatable bonds is 18. The normalized spacial score (nSPS) is 28.4. The fraction of sp³-hybridized carbons (Fsp3) is 0.500. The van der Waals surface area contributed by atoms with Crippen LogP contribution in [0.15, 0.2) is 48.6 Å². The molecular formula is C38H48O20. The third-order valence-corrected chi connectivity index (χ3v) is 9.06. The van der Waals surface area contributed by atoms with E-state index in [4.69, 9.17) is 37.9 Å². The predicted molar refractivity (Wildman–Crippen MR) is 195 cm³/mol. The first-order valence-corrected chi connectivity index (χ1v) is 17.8. The Morgan fingerprint density at radius 2 is 1.43 bits per heavy atom. The van der Waals surface area contributed by atoms with Gasteiger partial charge in [0.15, 0.2) is 23.9 Å². The number of hydrogen-bond donors (Lipinski definition) is 9. The van der Waals surface area contributed by atoms with E-state index in [1.165, 1.54) is 51.5 Å². The third-order valence-electron chi connectivity index (χ3n) is 9.06. The molecule has 2 aromatic carbocycles. The van der Waals surface area contributed by atoms with Crippen molar-refractivity contribution in [3.63, 3.8) is 0 Å². The number of carboxylic acids is 1. The van der Waals surface area contributed by atoms with E-state index in [9.17, 15) is 60.3 Å². The largest absolute Gasteiger partial charge is 0.504 e. The Morgan fingerprint density at radius 1 is 0.793 bits per heavy atom. The van der Waals surface area contributed by atoms with E-state index in [0.29, 0.717) is 16.9 Å². The first-order chi connectivity index (χ1) is 27.5. The fourth-order valence-corrected chi connectivity index (χ4v) is 6.01. The molecule has 2 aliphatic rings. The molecule has 9 N–H and O–H groups in total. The highest BCUT2D eigenvalue weighted by atomic mass is 16.7. The summed E-state index contributed by atoms with van der Waals surface area (Å²) >= 11 is 0. The van der Waals surface area contributed by atoms with Crippen molar-refractivity contribution < 1.29 is 98.2 Å². The van der Waals surface area contributed by atoms with Gasteiger partial charge in [0, 0.05) is 6.08 Å². The second-order valence-electron chi connectivity index (χ2n) is 13.5. The lowest BCUT2D eigenvalue weighted by Gasteiger charge is -2.44. The van der Waals surface area contributed by atoms with Gasteiger partial charge < -0.3 is 83.9 Å². The zero-order valence-electron chi connectivity index (χ0n) is 31.6. The summed E-state index contributed by atoms with van der Waals surface area (Å²) < 4.78 is 43.3. The van der Waals surface area contributed by atoms with Crippen molar-refractivity contribution in [1.82, 2.24) is 0 Å². The van der Waals surface area contributed by atoms with Crippen molar-refractivity contribution in [3.8, 4) is 23.0 Å². The van der Waals surface area contributed by atoms with Crippen molar-refractivity contribution in [2.24, 2.45) is 0 Å². The Labute approximate surface area is 331 Å². The number of hydrogen-bond acceptors (Lipinski definition) is 19. The monoisotopic (exact) mass is 824 g/mol. The molecule has 2 fully saturated rings. The molecule has 0 aliphatic carbocycles. The van der Waals surface area contributed by atoms with E-state index in [2.05, 4.69) is 0 Å². The van der Waals surface area contributed by atoms with Crippen molar-refractivity contribution >= 4 is 30.1 Å². The second-order valence-corrected chi connectivity index (χ2v) is 13.5. The number of carbonyl (C=O) groups excluding carboxylic acids is 2. The summed E-state index contributed by atoms with van der Waals surface area (Å²) in [5.74, 6) is -3.65. The number of benzene rings is 2. The van der Waals surface area contributed by atoms with Crippen molar-refractivity contribution in [2.75, 3.05) is 34.0 Å². The van der Waals surface area contributed by atoms with Crippen LogP contribution in [0.5, 0.6) is 23.0 Å². The average Bonchev–Trinajstić information content (AvgIpc) is 3.18. The molecule has 0 saturated carbocycles. The molecule has 4 rings (SSSR count). The molecule has 0 unspecified atom stereocenters. The van der Waals surface area contributed by atoms with Gasteiger partial charge in [-0.25, -0.2) is 4.79 Å². The maximum atomic E-state index is 13.0. The van der Waals surface area contributed by atoms with Gasteiger partial charge in [-0.3, -0.25) is 9.59 Å². The summed E-state index contributed by atoms with van der Waals surface area (Å²) in [5, 5.41) is 91.3. The van der Waals surface area contributed by atoms with Gasteiger partial charge in [0.1, 0.15) is 55.1 Å². The van der Waals surface area contributed by atoms with E-state index < -0.39 is 117 Å². The maximum Gasteiger partial charge on any atom is 0.331 e. The second kappa shape index (κ2) is 20.7. The standard InChI is InChI=1S/C38H48O20/c1-38(15-26(42)43,58-37-35(32(49)30(47)25(18-40)55-37)56-27(44)11-8-19-6-9-21(51-2)10-7-19)16-28(45)53-12-4-5-20-13-22(41)34(23(14-20)52-3)57-36-33(50)31(48)29(46)24(17-39)54-36/h4-11,13-14,24-25,29-33,35-37,39-41,46-50H,12,15-18H2,1-3H3,(H,42,43)/b5-4+,11-8+/t24-,25-,29-,30-,31+,32+,33-,35-,36+,37+,38+/m1/s1. The highest BCUT2D eigenvalue weighted by Crippen LogP contribution is 2.40.